The number of urea groups is 1. The van der Waals surface area contributed by atoms with Crippen LogP contribution in [0.2, 0.25) is 0 Å². The smallest absolute Gasteiger partial charge is 0.383 e. The van der Waals surface area contributed by atoms with E-state index in [1.165, 1.54) is 18.3 Å². The summed E-state index contributed by atoms with van der Waals surface area (Å²) in [5.74, 6) is -0.913. The average molecular weight is 474 g/mol. The van der Waals surface area contributed by atoms with Crippen molar-refractivity contribution >= 4 is 11.8 Å². The molecule has 1 saturated heterocycles. The second kappa shape index (κ2) is 7.71. The number of benzene rings is 1. The third kappa shape index (κ3) is 3.74. The first-order chi connectivity index (χ1) is 16.1. The first-order valence-electron chi connectivity index (χ1n) is 10.8. The molecule has 1 aromatic carbocycles. The molecule has 2 amide bonds. The monoisotopic (exact) mass is 474 g/mol. The number of nitrogens with one attached hydrogen (secondary N) is 1. The van der Waals surface area contributed by atoms with E-state index in [-0.39, 0.29) is 28.9 Å². The average Bonchev–Trinajstić information content (AvgIpc) is 3.32. The maximum Gasteiger partial charge on any atom is 0.419 e. The molecule has 1 fully saturated rings. The zero-order valence-corrected chi connectivity index (χ0v) is 18.2. The number of hydrogen-bond acceptors (Lipinski definition) is 4. The number of likely N-dealkylation sites (tertiary alicyclic amines) is 1. The molecule has 3 N–H and O–H groups in total. The number of halogens is 4. The fourth-order valence-electron chi connectivity index (χ4n) is 4.71. The molecule has 2 aliphatic heterocycles. The van der Waals surface area contributed by atoms with Crippen molar-refractivity contribution in [2.45, 2.75) is 37.5 Å². The van der Waals surface area contributed by atoms with Gasteiger partial charge in [0.15, 0.2) is 0 Å². The van der Waals surface area contributed by atoms with Gasteiger partial charge < -0.3 is 16.0 Å². The van der Waals surface area contributed by atoms with Crippen molar-refractivity contribution < 1.29 is 22.4 Å². The molecule has 5 rings (SSSR count). The topological polar surface area (TPSA) is 89.1 Å². The summed E-state index contributed by atoms with van der Waals surface area (Å²) in [7, 11) is 0. The fraction of sp³-hybridized carbons (Fsp3) is 0.348. The molecule has 1 unspecified atom stereocenters. The summed E-state index contributed by atoms with van der Waals surface area (Å²) in [5.41, 5.74) is 6.44. The van der Waals surface area contributed by atoms with Gasteiger partial charge in [0.05, 0.1) is 17.3 Å². The molecule has 0 radical (unpaired) electrons. The van der Waals surface area contributed by atoms with Crippen LogP contribution in [-0.2, 0) is 18.1 Å². The Kier molecular flexibility index (Phi) is 5.03. The number of alkyl halides is 3. The van der Waals surface area contributed by atoms with Crippen LogP contribution < -0.4 is 11.1 Å². The highest BCUT2D eigenvalue weighted by Crippen LogP contribution is 2.44. The highest BCUT2D eigenvalue weighted by molar-refractivity contribution is 5.76. The van der Waals surface area contributed by atoms with Gasteiger partial charge in [0.2, 0.25) is 0 Å². The molecule has 0 aliphatic carbocycles. The number of fused-ring (bicyclic) bond motifs is 2. The van der Waals surface area contributed by atoms with Gasteiger partial charge >= 0.3 is 12.2 Å². The highest BCUT2D eigenvalue weighted by atomic mass is 19.4. The number of hydrogen-bond donors (Lipinski definition) is 2. The van der Waals surface area contributed by atoms with Crippen LogP contribution in [0, 0.1) is 5.82 Å². The van der Waals surface area contributed by atoms with Crippen molar-refractivity contribution in [3.8, 4) is 11.3 Å². The van der Waals surface area contributed by atoms with E-state index in [9.17, 15) is 22.4 Å². The summed E-state index contributed by atoms with van der Waals surface area (Å²) in [6.45, 7) is 3.40. The van der Waals surface area contributed by atoms with Crippen LogP contribution in [0.3, 0.4) is 0 Å². The van der Waals surface area contributed by atoms with Crippen LogP contribution >= 0.6 is 0 Å². The van der Waals surface area contributed by atoms with E-state index >= 15 is 0 Å². The summed E-state index contributed by atoms with van der Waals surface area (Å²) in [5, 5.41) is 7.40. The Labute approximate surface area is 192 Å². The Balaban J connectivity index is 1.29. The number of rotatable bonds is 3. The molecule has 2 aromatic heterocycles. The molecule has 0 saturated carbocycles. The first kappa shape index (κ1) is 22.2. The Morgan fingerprint density at radius 1 is 1.21 bits per heavy atom. The lowest BCUT2D eigenvalue weighted by atomic mass is 9.76. The van der Waals surface area contributed by atoms with Crippen molar-refractivity contribution in [2.75, 3.05) is 18.8 Å². The number of aryl methyl sites for hydroxylation is 1. The van der Waals surface area contributed by atoms with E-state index in [4.69, 9.17) is 5.73 Å². The van der Waals surface area contributed by atoms with Gasteiger partial charge in [-0.05, 0) is 43.2 Å². The van der Waals surface area contributed by atoms with Crippen molar-refractivity contribution in [2.24, 2.45) is 0 Å². The number of nitrogens with zero attached hydrogens (tertiary/aromatic N) is 4. The number of nitrogen functional groups attached to an aromatic ring is 1. The lowest BCUT2D eigenvalue weighted by molar-refractivity contribution is -0.137. The molecule has 11 heteroatoms. The van der Waals surface area contributed by atoms with Crippen LogP contribution in [0.25, 0.3) is 11.3 Å². The minimum atomic E-state index is -4.61. The van der Waals surface area contributed by atoms with Gasteiger partial charge in [-0.1, -0.05) is 12.1 Å². The van der Waals surface area contributed by atoms with E-state index in [0.29, 0.717) is 25.3 Å². The molecule has 1 spiro atoms. The van der Waals surface area contributed by atoms with Crippen LogP contribution in [0.15, 0.2) is 42.6 Å². The molecule has 7 nitrogen and oxygen atoms in total. The zero-order valence-electron chi connectivity index (χ0n) is 18.2. The van der Waals surface area contributed by atoms with E-state index < -0.39 is 17.6 Å². The van der Waals surface area contributed by atoms with Gasteiger partial charge in [-0.3, -0.25) is 4.68 Å². The summed E-state index contributed by atoms with van der Waals surface area (Å²) >= 11 is 0. The molecule has 0 bridgehead atoms. The molecule has 34 heavy (non-hydrogen) atoms. The number of pyridine rings is 1. The summed E-state index contributed by atoms with van der Waals surface area (Å²) in [4.78, 5) is 18.1. The standard InChI is InChI=1S/C23H22F4N6O/c1-13(14-2-4-16(24)5-3-14)30-21(34)32-11-22(12-32)6-7-33-19(22)9-18(31-33)15-8-17(23(25,26)27)20(28)29-10-15/h2-5,8-10,13H,6-7,11-12H2,1H3,(H2,28,29)(H,30,34). The molecule has 178 valence electrons. The van der Waals surface area contributed by atoms with Crippen LogP contribution in [-0.4, -0.2) is 38.8 Å². The molecular formula is C23H22F4N6O. The van der Waals surface area contributed by atoms with E-state index in [0.717, 1.165) is 23.7 Å². The maximum atomic E-state index is 13.2. The number of anilines is 1. The van der Waals surface area contributed by atoms with Crippen LogP contribution in [0.4, 0.5) is 28.2 Å². The van der Waals surface area contributed by atoms with Crippen molar-refractivity contribution in [3.63, 3.8) is 0 Å². The summed E-state index contributed by atoms with van der Waals surface area (Å²) < 4.78 is 54.6. The predicted octanol–water partition coefficient (Wildman–Crippen LogP) is 4.11. The maximum absolute atomic E-state index is 13.2. The van der Waals surface area contributed by atoms with Crippen molar-refractivity contribution in [3.05, 3.63) is 65.2 Å². The van der Waals surface area contributed by atoms with Crippen molar-refractivity contribution in [1.82, 2.24) is 25.0 Å². The van der Waals surface area contributed by atoms with Gasteiger partial charge in [0, 0.05) is 42.5 Å². The highest BCUT2D eigenvalue weighted by Gasteiger charge is 2.51. The normalized spacial score (nSPS) is 17.4. The molecule has 1 atom stereocenters. The van der Waals surface area contributed by atoms with Gasteiger partial charge in [-0.2, -0.15) is 18.3 Å². The lowest BCUT2D eigenvalue weighted by Gasteiger charge is -2.47. The van der Waals surface area contributed by atoms with Gasteiger partial charge in [-0.15, -0.1) is 0 Å². The Bertz CT molecular complexity index is 1250. The number of carbonyl (C=O) groups excluding carboxylic acids is 1. The Hall–Kier alpha value is -3.63. The number of nitrogens with two attached hydrogens (primary N) is 1. The Morgan fingerprint density at radius 2 is 1.91 bits per heavy atom. The SMILES string of the molecule is CC(NC(=O)N1CC2(CCn3nc(-c4cnc(N)c(C(F)(F)F)c4)cc32)C1)c1ccc(F)cc1. The lowest BCUT2D eigenvalue weighted by Crippen LogP contribution is -2.62. The van der Waals surface area contributed by atoms with E-state index in [1.807, 2.05) is 6.92 Å². The third-order valence-corrected chi connectivity index (χ3v) is 6.63. The van der Waals surface area contributed by atoms with Crippen molar-refractivity contribution in [1.29, 1.82) is 0 Å². The van der Waals surface area contributed by atoms with Gasteiger partial charge in [0.1, 0.15) is 11.6 Å². The predicted molar refractivity (Wildman–Crippen MR) is 116 cm³/mol. The molecule has 4 heterocycles. The summed E-state index contributed by atoms with van der Waals surface area (Å²) in [6, 6.07) is 8.19. The first-order valence-corrected chi connectivity index (χ1v) is 10.8. The second-order valence-corrected chi connectivity index (χ2v) is 8.90. The quantitative estimate of drug-likeness (QED) is 0.559. The van der Waals surface area contributed by atoms with Gasteiger partial charge in [0.25, 0.3) is 0 Å². The van der Waals surface area contributed by atoms with Crippen LogP contribution in [0.1, 0.15) is 36.2 Å². The zero-order chi connectivity index (χ0) is 24.3. The largest absolute Gasteiger partial charge is 0.419 e. The second-order valence-electron chi connectivity index (χ2n) is 8.90. The Morgan fingerprint density at radius 3 is 2.59 bits per heavy atom. The third-order valence-electron chi connectivity index (χ3n) is 6.63. The van der Waals surface area contributed by atoms with Crippen LogP contribution in [0.5, 0.6) is 0 Å². The molecule has 3 aromatic rings. The number of carbonyl (C=O) groups is 1. The molecule has 2 aliphatic rings. The van der Waals surface area contributed by atoms with E-state index in [2.05, 4.69) is 15.4 Å². The van der Waals surface area contributed by atoms with Gasteiger partial charge in [-0.25, -0.2) is 14.2 Å². The van der Waals surface area contributed by atoms with E-state index in [1.54, 1.807) is 27.8 Å². The minimum absolute atomic E-state index is 0.224. The fourth-order valence-corrected chi connectivity index (χ4v) is 4.71. The summed E-state index contributed by atoms with van der Waals surface area (Å²) in [6.07, 6.45) is -2.53. The molecular weight excluding hydrogens is 452 g/mol. The number of aromatic nitrogens is 3. The number of amides is 2. The minimum Gasteiger partial charge on any atom is -0.383 e.